The zero-order chi connectivity index (χ0) is 20.3. The van der Waals surface area contributed by atoms with Crippen LogP contribution in [0.3, 0.4) is 0 Å². The van der Waals surface area contributed by atoms with Gasteiger partial charge in [0.05, 0.1) is 11.4 Å². The summed E-state index contributed by atoms with van der Waals surface area (Å²) in [6.07, 6.45) is 0. The summed E-state index contributed by atoms with van der Waals surface area (Å²) in [5.74, 6) is -0.147. The standard InChI is InChI=1S/C22H27N5O/c1-16-20(21(28)26(4)15-22(2,3)14-23)24-25-27(16)19-12-10-18(11-13-19)17-8-6-5-7-9-17/h5-13H,14-15,23H2,1-4H3. The van der Waals surface area contributed by atoms with Crippen molar-refractivity contribution in [3.8, 4) is 16.8 Å². The lowest BCUT2D eigenvalue weighted by molar-refractivity contribution is 0.0734. The highest BCUT2D eigenvalue weighted by Crippen LogP contribution is 2.22. The van der Waals surface area contributed by atoms with Gasteiger partial charge in [-0.3, -0.25) is 4.79 Å². The van der Waals surface area contributed by atoms with E-state index in [1.807, 2.05) is 63.2 Å². The number of carbonyl (C=O) groups is 1. The summed E-state index contributed by atoms with van der Waals surface area (Å²) in [6, 6.07) is 18.2. The van der Waals surface area contributed by atoms with E-state index in [1.54, 1.807) is 16.6 Å². The second-order valence-corrected chi connectivity index (χ2v) is 7.88. The molecule has 3 aromatic rings. The van der Waals surface area contributed by atoms with Crippen molar-refractivity contribution in [1.82, 2.24) is 19.9 Å². The van der Waals surface area contributed by atoms with E-state index in [0.29, 0.717) is 18.8 Å². The van der Waals surface area contributed by atoms with Gasteiger partial charge in [-0.25, -0.2) is 4.68 Å². The number of hydrogen-bond acceptors (Lipinski definition) is 4. The van der Waals surface area contributed by atoms with Gasteiger partial charge in [0.1, 0.15) is 0 Å². The SMILES string of the molecule is Cc1c(C(=O)N(C)CC(C)(C)CN)nnn1-c1ccc(-c2ccccc2)cc1. The first-order valence-corrected chi connectivity index (χ1v) is 9.36. The lowest BCUT2D eigenvalue weighted by atomic mass is 9.93. The van der Waals surface area contributed by atoms with E-state index in [-0.39, 0.29) is 11.3 Å². The molecule has 0 bridgehead atoms. The number of hydrogen-bond donors (Lipinski definition) is 1. The molecule has 6 nitrogen and oxygen atoms in total. The van der Waals surface area contributed by atoms with Crippen molar-refractivity contribution in [3.05, 3.63) is 66.0 Å². The smallest absolute Gasteiger partial charge is 0.276 e. The Hall–Kier alpha value is -2.99. The maximum atomic E-state index is 12.8. The number of carbonyl (C=O) groups excluding carboxylic acids is 1. The monoisotopic (exact) mass is 377 g/mol. The van der Waals surface area contributed by atoms with Crippen molar-refractivity contribution in [1.29, 1.82) is 0 Å². The van der Waals surface area contributed by atoms with Gasteiger partial charge in [-0.2, -0.15) is 0 Å². The summed E-state index contributed by atoms with van der Waals surface area (Å²) < 4.78 is 1.70. The minimum atomic E-state index is -0.151. The predicted octanol–water partition coefficient (Wildman–Crippen LogP) is 3.30. The van der Waals surface area contributed by atoms with Crippen molar-refractivity contribution in [2.75, 3.05) is 20.1 Å². The van der Waals surface area contributed by atoms with Crippen LogP contribution in [0.1, 0.15) is 30.0 Å². The minimum Gasteiger partial charge on any atom is -0.340 e. The molecule has 0 saturated heterocycles. The Bertz CT molecular complexity index is 945. The first-order chi connectivity index (χ1) is 13.3. The molecule has 1 heterocycles. The Kier molecular flexibility index (Phi) is 5.61. The first-order valence-electron chi connectivity index (χ1n) is 9.36. The second kappa shape index (κ2) is 7.94. The lowest BCUT2D eigenvalue weighted by Crippen LogP contribution is -2.40. The molecule has 0 fully saturated rings. The highest BCUT2D eigenvalue weighted by Gasteiger charge is 2.25. The van der Waals surface area contributed by atoms with Gasteiger partial charge in [-0.05, 0) is 42.1 Å². The van der Waals surface area contributed by atoms with Gasteiger partial charge in [0.15, 0.2) is 5.69 Å². The van der Waals surface area contributed by atoms with Crippen LogP contribution < -0.4 is 5.73 Å². The molecule has 3 rings (SSSR count). The molecule has 2 aromatic carbocycles. The maximum absolute atomic E-state index is 12.8. The molecule has 1 aromatic heterocycles. The summed E-state index contributed by atoms with van der Waals surface area (Å²) in [5, 5.41) is 8.34. The molecule has 0 aliphatic heterocycles. The van der Waals surface area contributed by atoms with Gasteiger partial charge in [-0.15, -0.1) is 5.10 Å². The van der Waals surface area contributed by atoms with E-state index in [4.69, 9.17) is 5.73 Å². The molecule has 0 spiro atoms. The quantitative estimate of drug-likeness (QED) is 0.715. The van der Waals surface area contributed by atoms with E-state index in [2.05, 4.69) is 22.4 Å². The van der Waals surface area contributed by atoms with Gasteiger partial charge in [0.2, 0.25) is 0 Å². The average molecular weight is 377 g/mol. The number of nitrogens with two attached hydrogens (primary N) is 1. The van der Waals surface area contributed by atoms with E-state index in [1.165, 1.54) is 0 Å². The van der Waals surface area contributed by atoms with E-state index in [0.717, 1.165) is 22.5 Å². The highest BCUT2D eigenvalue weighted by atomic mass is 16.2. The van der Waals surface area contributed by atoms with Crippen LogP contribution in [0.2, 0.25) is 0 Å². The average Bonchev–Trinajstić information content (AvgIpc) is 3.09. The molecular weight excluding hydrogens is 350 g/mol. The molecule has 6 heteroatoms. The number of rotatable bonds is 6. The van der Waals surface area contributed by atoms with Crippen molar-refractivity contribution in [3.63, 3.8) is 0 Å². The van der Waals surface area contributed by atoms with Crippen LogP contribution in [-0.2, 0) is 0 Å². The molecular formula is C22H27N5O. The topological polar surface area (TPSA) is 77.0 Å². The molecule has 1 amide bonds. The van der Waals surface area contributed by atoms with Gasteiger partial charge >= 0.3 is 0 Å². The summed E-state index contributed by atoms with van der Waals surface area (Å²) >= 11 is 0. The Morgan fingerprint density at radius 1 is 1.07 bits per heavy atom. The summed E-state index contributed by atoms with van der Waals surface area (Å²) in [7, 11) is 1.77. The zero-order valence-electron chi connectivity index (χ0n) is 16.9. The normalized spacial score (nSPS) is 11.5. The fourth-order valence-corrected chi connectivity index (χ4v) is 3.16. The van der Waals surface area contributed by atoms with Crippen LogP contribution in [0, 0.1) is 12.3 Å². The number of amides is 1. The fraction of sp³-hybridized carbons (Fsp3) is 0.318. The third kappa shape index (κ3) is 4.12. The minimum absolute atomic E-state index is 0.147. The molecule has 0 unspecified atom stereocenters. The lowest BCUT2D eigenvalue weighted by Gasteiger charge is -2.28. The second-order valence-electron chi connectivity index (χ2n) is 7.88. The molecule has 0 aliphatic rings. The van der Waals surface area contributed by atoms with E-state index in [9.17, 15) is 4.79 Å². The molecule has 2 N–H and O–H groups in total. The van der Waals surface area contributed by atoms with E-state index < -0.39 is 0 Å². The van der Waals surface area contributed by atoms with Crippen molar-refractivity contribution < 1.29 is 4.79 Å². The first kappa shape index (κ1) is 19.8. The molecule has 146 valence electrons. The Labute approximate surface area is 166 Å². The van der Waals surface area contributed by atoms with Crippen LogP contribution in [0.15, 0.2) is 54.6 Å². The molecule has 0 saturated carbocycles. The predicted molar refractivity (Wildman–Crippen MR) is 111 cm³/mol. The van der Waals surface area contributed by atoms with Gasteiger partial charge in [0.25, 0.3) is 5.91 Å². The van der Waals surface area contributed by atoms with E-state index >= 15 is 0 Å². The van der Waals surface area contributed by atoms with Gasteiger partial charge < -0.3 is 10.6 Å². The summed E-state index contributed by atoms with van der Waals surface area (Å²) in [5.41, 5.74) is 9.87. The van der Waals surface area contributed by atoms with Crippen LogP contribution in [0.25, 0.3) is 16.8 Å². The fourth-order valence-electron chi connectivity index (χ4n) is 3.16. The van der Waals surface area contributed by atoms with Crippen LogP contribution >= 0.6 is 0 Å². The van der Waals surface area contributed by atoms with Gasteiger partial charge in [0, 0.05) is 13.6 Å². The zero-order valence-corrected chi connectivity index (χ0v) is 16.9. The molecule has 0 radical (unpaired) electrons. The van der Waals surface area contributed by atoms with Crippen molar-refractivity contribution >= 4 is 5.91 Å². The maximum Gasteiger partial charge on any atom is 0.276 e. The Morgan fingerprint density at radius 3 is 2.29 bits per heavy atom. The van der Waals surface area contributed by atoms with Crippen LogP contribution in [0.4, 0.5) is 0 Å². The number of aromatic nitrogens is 3. The summed E-state index contributed by atoms with van der Waals surface area (Å²) in [6.45, 7) is 6.99. The number of benzene rings is 2. The number of nitrogens with zero attached hydrogens (tertiary/aromatic N) is 4. The molecule has 0 aliphatic carbocycles. The highest BCUT2D eigenvalue weighted by molar-refractivity contribution is 5.93. The third-order valence-corrected chi connectivity index (χ3v) is 4.88. The molecule has 0 atom stereocenters. The Morgan fingerprint density at radius 2 is 1.68 bits per heavy atom. The molecule has 28 heavy (non-hydrogen) atoms. The Balaban J connectivity index is 1.82. The third-order valence-electron chi connectivity index (χ3n) is 4.88. The van der Waals surface area contributed by atoms with Crippen molar-refractivity contribution in [2.24, 2.45) is 11.1 Å². The van der Waals surface area contributed by atoms with Gasteiger partial charge in [-0.1, -0.05) is 61.5 Å². The van der Waals surface area contributed by atoms with Crippen LogP contribution in [-0.4, -0.2) is 45.9 Å². The summed E-state index contributed by atoms with van der Waals surface area (Å²) in [4.78, 5) is 14.5. The van der Waals surface area contributed by atoms with Crippen molar-refractivity contribution in [2.45, 2.75) is 20.8 Å². The largest absolute Gasteiger partial charge is 0.340 e. The van der Waals surface area contributed by atoms with Crippen LogP contribution in [0.5, 0.6) is 0 Å².